The molecule has 0 aliphatic rings. The smallest absolute Gasteiger partial charge is 0.152 e. The van der Waals surface area contributed by atoms with Gasteiger partial charge in [0.2, 0.25) is 0 Å². The molecule has 1 aromatic carbocycles. The Morgan fingerprint density at radius 3 is 2.89 bits per heavy atom. The molecule has 2 aromatic heterocycles. The van der Waals surface area contributed by atoms with Crippen LogP contribution in [-0.4, -0.2) is 24.3 Å². The molecule has 0 spiro atoms. The Morgan fingerprint density at radius 2 is 2.16 bits per heavy atom. The predicted molar refractivity (Wildman–Crippen MR) is 73.6 cm³/mol. The maximum absolute atomic E-state index is 5.78. The second-order valence-electron chi connectivity index (χ2n) is 4.64. The number of hydrogen-bond donors (Lipinski definition) is 1. The molecule has 0 fully saturated rings. The van der Waals surface area contributed by atoms with Gasteiger partial charge in [0.15, 0.2) is 5.82 Å². The normalized spacial score (nSPS) is 11.3. The van der Waals surface area contributed by atoms with Crippen molar-refractivity contribution in [3.63, 3.8) is 0 Å². The molecule has 0 unspecified atom stereocenters. The van der Waals surface area contributed by atoms with Gasteiger partial charge in [-0.1, -0.05) is 0 Å². The number of benzene rings is 1. The average Bonchev–Trinajstić information content (AvgIpc) is 2.89. The molecule has 0 aliphatic heterocycles. The molecule has 0 saturated carbocycles. The van der Waals surface area contributed by atoms with Gasteiger partial charge in [0.05, 0.1) is 11.0 Å². The molecule has 2 heterocycles. The van der Waals surface area contributed by atoms with Crippen LogP contribution in [0, 0.1) is 6.92 Å². The van der Waals surface area contributed by atoms with Crippen molar-refractivity contribution >= 4 is 16.7 Å². The first-order valence-electron chi connectivity index (χ1n) is 6.20. The summed E-state index contributed by atoms with van der Waals surface area (Å²) >= 11 is 0. The Morgan fingerprint density at radius 1 is 1.32 bits per heavy atom. The van der Waals surface area contributed by atoms with Gasteiger partial charge in [0.1, 0.15) is 12.2 Å². The van der Waals surface area contributed by atoms with Crippen LogP contribution in [0.5, 0.6) is 0 Å². The van der Waals surface area contributed by atoms with Gasteiger partial charge in [0.25, 0.3) is 0 Å². The number of rotatable bonds is 3. The molecule has 2 N–H and O–H groups in total. The number of hydrogen-bond acceptors (Lipinski definition) is 4. The quantitative estimate of drug-likeness (QED) is 0.717. The molecule has 0 bridgehead atoms. The number of imidazole rings is 1. The van der Waals surface area contributed by atoms with Gasteiger partial charge in [-0.05, 0) is 25.1 Å². The molecule has 3 aromatic rings. The molecular formula is C13H16N6. The van der Waals surface area contributed by atoms with E-state index in [4.69, 9.17) is 5.73 Å². The van der Waals surface area contributed by atoms with E-state index in [0.717, 1.165) is 41.3 Å². The summed E-state index contributed by atoms with van der Waals surface area (Å²) in [6.45, 7) is 2.82. The van der Waals surface area contributed by atoms with E-state index in [9.17, 15) is 0 Å². The molecule has 3 rings (SSSR count). The standard InChI is InChI=1S/C13H16N6/c1-9-16-11-7-10(14)3-4-12(11)19(9)6-5-13-15-8-18(2)17-13/h3-4,7-8H,5-6,14H2,1-2H3. The van der Waals surface area contributed by atoms with Crippen LogP contribution in [0.25, 0.3) is 11.0 Å². The SMILES string of the molecule is Cc1nc2cc(N)ccc2n1CCc1ncn(C)n1. The number of nitrogens with two attached hydrogens (primary N) is 1. The van der Waals surface area contributed by atoms with Crippen molar-refractivity contribution in [2.24, 2.45) is 7.05 Å². The van der Waals surface area contributed by atoms with Crippen LogP contribution in [0.15, 0.2) is 24.5 Å². The topological polar surface area (TPSA) is 74.5 Å². The molecule has 0 amide bonds. The number of nitrogens with zero attached hydrogens (tertiary/aromatic N) is 5. The van der Waals surface area contributed by atoms with Crippen LogP contribution in [0.4, 0.5) is 5.69 Å². The summed E-state index contributed by atoms with van der Waals surface area (Å²) in [6.07, 6.45) is 2.51. The molecule has 19 heavy (non-hydrogen) atoms. The van der Waals surface area contributed by atoms with Crippen LogP contribution in [0.1, 0.15) is 11.6 Å². The van der Waals surface area contributed by atoms with Gasteiger partial charge < -0.3 is 10.3 Å². The monoisotopic (exact) mass is 256 g/mol. The van der Waals surface area contributed by atoms with Gasteiger partial charge in [-0.2, -0.15) is 5.10 Å². The summed E-state index contributed by atoms with van der Waals surface area (Å²) in [6, 6.07) is 5.81. The van der Waals surface area contributed by atoms with Crippen molar-refractivity contribution in [2.75, 3.05) is 5.73 Å². The van der Waals surface area contributed by atoms with Crippen molar-refractivity contribution in [3.05, 3.63) is 36.2 Å². The lowest BCUT2D eigenvalue weighted by Crippen LogP contribution is -2.05. The lowest BCUT2D eigenvalue weighted by Gasteiger charge is -2.05. The highest BCUT2D eigenvalue weighted by Gasteiger charge is 2.08. The third-order valence-corrected chi connectivity index (χ3v) is 3.17. The van der Waals surface area contributed by atoms with Gasteiger partial charge in [-0.3, -0.25) is 4.68 Å². The van der Waals surface area contributed by atoms with Gasteiger partial charge in [-0.15, -0.1) is 0 Å². The Hall–Kier alpha value is -2.37. The third kappa shape index (κ3) is 2.16. The Bertz CT molecular complexity index is 724. The Kier molecular flexibility index (Phi) is 2.70. The van der Waals surface area contributed by atoms with E-state index < -0.39 is 0 Å². The highest BCUT2D eigenvalue weighted by Crippen LogP contribution is 2.19. The lowest BCUT2D eigenvalue weighted by atomic mass is 10.3. The van der Waals surface area contributed by atoms with Crippen LogP contribution in [0.2, 0.25) is 0 Å². The van der Waals surface area contributed by atoms with Crippen molar-refractivity contribution in [1.82, 2.24) is 24.3 Å². The van der Waals surface area contributed by atoms with E-state index in [1.165, 1.54) is 0 Å². The van der Waals surface area contributed by atoms with E-state index in [1.807, 2.05) is 32.2 Å². The first kappa shape index (κ1) is 11.7. The molecule has 0 saturated heterocycles. The summed E-state index contributed by atoms with van der Waals surface area (Å²) in [4.78, 5) is 8.77. The number of aromatic nitrogens is 5. The molecule has 6 nitrogen and oxygen atoms in total. The fraction of sp³-hybridized carbons (Fsp3) is 0.308. The van der Waals surface area contributed by atoms with E-state index in [1.54, 1.807) is 11.0 Å². The fourth-order valence-electron chi connectivity index (χ4n) is 2.26. The van der Waals surface area contributed by atoms with Crippen LogP contribution < -0.4 is 5.73 Å². The first-order valence-corrected chi connectivity index (χ1v) is 6.20. The molecule has 0 radical (unpaired) electrons. The average molecular weight is 256 g/mol. The van der Waals surface area contributed by atoms with E-state index in [2.05, 4.69) is 19.6 Å². The molecule has 98 valence electrons. The molecular weight excluding hydrogens is 240 g/mol. The lowest BCUT2D eigenvalue weighted by molar-refractivity contribution is 0.657. The van der Waals surface area contributed by atoms with Gasteiger partial charge >= 0.3 is 0 Å². The number of fused-ring (bicyclic) bond motifs is 1. The molecule has 0 atom stereocenters. The highest BCUT2D eigenvalue weighted by molar-refractivity contribution is 5.79. The maximum Gasteiger partial charge on any atom is 0.152 e. The highest BCUT2D eigenvalue weighted by atomic mass is 15.3. The number of anilines is 1. The fourth-order valence-corrected chi connectivity index (χ4v) is 2.26. The van der Waals surface area contributed by atoms with Crippen molar-refractivity contribution in [3.8, 4) is 0 Å². The zero-order chi connectivity index (χ0) is 13.4. The van der Waals surface area contributed by atoms with Crippen LogP contribution in [0.3, 0.4) is 0 Å². The van der Waals surface area contributed by atoms with E-state index in [0.29, 0.717) is 0 Å². The van der Waals surface area contributed by atoms with Crippen molar-refractivity contribution in [2.45, 2.75) is 19.9 Å². The summed E-state index contributed by atoms with van der Waals surface area (Å²) in [5, 5.41) is 4.29. The number of nitrogen functional groups attached to an aromatic ring is 1. The Balaban J connectivity index is 1.90. The predicted octanol–water partition coefficient (Wildman–Crippen LogP) is 1.30. The van der Waals surface area contributed by atoms with E-state index >= 15 is 0 Å². The summed E-state index contributed by atoms with van der Waals surface area (Å²) in [5.74, 6) is 1.83. The second kappa shape index (κ2) is 4.38. The number of aryl methyl sites for hydroxylation is 4. The largest absolute Gasteiger partial charge is 0.399 e. The van der Waals surface area contributed by atoms with E-state index in [-0.39, 0.29) is 0 Å². The molecule has 0 aliphatic carbocycles. The zero-order valence-electron chi connectivity index (χ0n) is 11.0. The zero-order valence-corrected chi connectivity index (χ0v) is 11.0. The minimum atomic E-state index is 0.739. The third-order valence-electron chi connectivity index (χ3n) is 3.17. The van der Waals surface area contributed by atoms with Gasteiger partial charge in [-0.25, -0.2) is 9.97 Å². The van der Waals surface area contributed by atoms with Crippen LogP contribution in [-0.2, 0) is 20.0 Å². The van der Waals surface area contributed by atoms with Crippen LogP contribution >= 0.6 is 0 Å². The summed E-state index contributed by atoms with van der Waals surface area (Å²) in [5.41, 5.74) is 8.55. The van der Waals surface area contributed by atoms with Crippen molar-refractivity contribution in [1.29, 1.82) is 0 Å². The maximum atomic E-state index is 5.78. The van der Waals surface area contributed by atoms with Crippen molar-refractivity contribution < 1.29 is 0 Å². The molecule has 6 heteroatoms. The minimum absolute atomic E-state index is 0.739. The van der Waals surface area contributed by atoms with Gasteiger partial charge in [0, 0.05) is 25.7 Å². The Labute approximate surface area is 110 Å². The first-order chi connectivity index (χ1) is 9.13. The second-order valence-corrected chi connectivity index (χ2v) is 4.64. The minimum Gasteiger partial charge on any atom is -0.399 e. The summed E-state index contributed by atoms with van der Waals surface area (Å²) in [7, 11) is 1.87. The summed E-state index contributed by atoms with van der Waals surface area (Å²) < 4.78 is 3.89.